The van der Waals surface area contributed by atoms with Gasteiger partial charge < -0.3 is 0 Å². The Morgan fingerprint density at radius 2 is 1.55 bits per heavy atom. The fourth-order valence-corrected chi connectivity index (χ4v) is 7.59. The second kappa shape index (κ2) is 12.7. The van der Waals surface area contributed by atoms with Crippen molar-refractivity contribution in [1.82, 2.24) is 10.0 Å². The van der Waals surface area contributed by atoms with Gasteiger partial charge in [-0.15, -0.1) is 0 Å². The summed E-state index contributed by atoms with van der Waals surface area (Å²) in [6, 6.07) is 5.91. The topological polar surface area (TPSA) is 98.0 Å². The summed E-state index contributed by atoms with van der Waals surface area (Å²) in [5.74, 6) is -11.1. The van der Waals surface area contributed by atoms with Crippen molar-refractivity contribution in [2.24, 2.45) is 21.4 Å². The van der Waals surface area contributed by atoms with Crippen molar-refractivity contribution in [2.75, 3.05) is 11.4 Å². The van der Waals surface area contributed by atoms with Gasteiger partial charge in [-0.05, 0) is 66.3 Å². The van der Waals surface area contributed by atoms with Gasteiger partial charge >= 0.3 is 0 Å². The quantitative estimate of drug-likeness (QED) is 0.150. The molecule has 0 bridgehead atoms. The molecule has 0 aromatic heterocycles. The van der Waals surface area contributed by atoms with Crippen LogP contribution in [0, 0.1) is 29.2 Å². The molecule has 252 valence electrons. The van der Waals surface area contributed by atoms with E-state index in [4.69, 9.17) is 51.5 Å². The highest BCUT2D eigenvalue weighted by atomic mass is 35.5. The summed E-state index contributed by atoms with van der Waals surface area (Å²) in [5, 5.41) is 16.0. The van der Waals surface area contributed by atoms with E-state index in [9.17, 15) is 31.9 Å². The monoisotopic (exact) mass is 752 g/mol. The molecule has 0 unspecified atom stereocenters. The van der Waals surface area contributed by atoms with Gasteiger partial charge in [0.15, 0.2) is 35.4 Å². The molecular weight excluding hydrogens is 734 g/mol. The highest BCUT2D eigenvalue weighted by molar-refractivity contribution is 6.36. The van der Waals surface area contributed by atoms with Crippen molar-refractivity contribution in [2.45, 2.75) is 37.4 Å². The molecule has 7 rings (SSSR count). The Morgan fingerprint density at radius 1 is 0.878 bits per heavy atom. The van der Waals surface area contributed by atoms with Gasteiger partial charge in [-0.1, -0.05) is 63.8 Å². The first-order valence-corrected chi connectivity index (χ1v) is 16.3. The highest BCUT2D eigenvalue weighted by Crippen LogP contribution is 2.47. The van der Waals surface area contributed by atoms with Crippen LogP contribution in [0.2, 0.25) is 20.1 Å². The van der Waals surface area contributed by atoms with E-state index in [0.717, 1.165) is 17.0 Å². The van der Waals surface area contributed by atoms with Gasteiger partial charge in [-0.25, -0.2) is 27.5 Å². The number of imide groups is 1. The van der Waals surface area contributed by atoms with Crippen molar-refractivity contribution in [3.05, 3.63) is 103 Å². The minimum absolute atomic E-state index is 0.0122. The second-order valence-electron chi connectivity index (χ2n) is 11.7. The van der Waals surface area contributed by atoms with Gasteiger partial charge in [0, 0.05) is 32.1 Å². The van der Waals surface area contributed by atoms with Crippen LogP contribution < -0.4 is 4.90 Å². The lowest BCUT2D eigenvalue weighted by Crippen LogP contribution is -2.45. The van der Waals surface area contributed by atoms with Crippen molar-refractivity contribution in [3.8, 4) is 0 Å². The molecule has 0 N–H and O–H groups in total. The maximum Gasteiger partial charge on any atom is 0.264 e. The zero-order chi connectivity index (χ0) is 34.9. The number of nitrogens with zero attached hydrogens (tertiary/aromatic N) is 6. The normalized spacial score (nSPS) is 23.9. The number of halogens is 8. The largest absolute Gasteiger partial charge is 0.271 e. The SMILES string of the molecule is O=C1[C@H]2N=NN(CC(=O)N3N=C4/C(=C/c5ccc(Cl)cc5Cl)CCC[C@H]4[C@H]3c3ccc(Cl)cc3Cl)[C@H]2C(=O)N1c1c(F)c(F)cc(F)c1F. The van der Waals surface area contributed by atoms with Gasteiger partial charge in [0.05, 0.1) is 11.8 Å². The Kier molecular flexibility index (Phi) is 8.66. The van der Waals surface area contributed by atoms with Gasteiger partial charge in [-0.2, -0.15) is 10.2 Å². The molecule has 3 amide bonds. The third kappa shape index (κ3) is 5.66. The molecule has 0 radical (unpaired) electrons. The molecule has 0 spiro atoms. The maximum absolute atomic E-state index is 14.6. The molecule has 17 heteroatoms. The Bertz CT molecular complexity index is 2040. The number of anilines is 1. The van der Waals surface area contributed by atoms with Crippen LogP contribution in [0.25, 0.3) is 6.08 Å². The fourth-order valence-electron chi connectivity index (χ4n) is 6.61. The van der Waals surface area contributed by atoms with E-state index >= 15 is 0 Å². The zero-order valence-electron chi connectivity index (χ0n) is 24.7. The third-order valence-electron chi connectivity index (χ3n) is 8.80. The van der Waals surface area contributed by atoms with E-state index in [1.54, 1.807) is 30.3 Å². The standard InChI is InChI=1S/C32H20Cl4F4N6O3/c33-15-5-4-13(19(35)9-15)8-14-2-1-3-18-26(14)42-46(28(18)17-7-6-16(34)10-20(17)36)23(47)12-44-30-27(41-43-44)31(48)45(32(30)49)29-24(39)21(37)11-22(38)25(29)40/h4-11,18,27-28,30H,1-3,12H2/b14-8+/t18-,27+,28-,30-/m1/s1. The number of carbonyl (C=O) groups is 3. The number of rotatable bonds is 5. The summed E-state index contributed by atoms with van der Waals surface area (Å²) < 4.78 is 57.3. The number of hydrogen-bond donors (Lipinski definition) is 0. The first kappa shape index (κ1) is 33.5. The van der Waals surface area contributed by atoms with Crippen LogP contribution in [0.1, 0.15) is 36.4 Å². The molecule has 4 atom stereocenters. The van der Waals surface area contributed by atoms with E-state index < -0.39 is 71.3 Å². The molecule has 3 aromatic rings. The van der Waals surface area contributed by atoms with E-state index in [-0.39, 0.29) is 21.9 Å². The lowest BCUT2D eigenvalue weighted by Gasteiger charge is -2.31. The van der Waals surface area contributed by atoms with Crippen LogP contribution in [-0.4, -0.2) is 52.1 Å². The molecule has 4 aliphatic rings. The summed E-state index contributed by atoms with van der Waals surface area (Å²) in [5.41, 5.74) is 1.16. The fraction of sp³-hybridized carbons (Fsp3) is 0.250. The summed E-state index contributed by atoms with van der Waals surface area (Å²) in [6.45, 7) is -0.659. The second-order valence-corrected chi connectivity index (χ2v) is 13.4. The van der Waals surface area contributed by atoms with E-state index in [0.29, 0.717) is 44.7 Å². The lowest BCUT2D eigenvalue weighted by atomic mass is 9.77. The lowest BCUT2D eigenvalue weighted by molar-refractivity contribution is -0.136. The van der Waals surface area contributed by atoms with Gasteiger partial charge in [0.2, 0.25) is 0 Å². The number of hydrogen-bond acceptors (Lipinski definition) is 7. The minimum Gasteiger partial charge on any atom is -0.271 e. The first-order chi connectivity index (χ1) is 23.3. The van der Waals surface area contributed by atoms with Crippen LogP contribution >= 0.6 is 46.4 Å². The molecule has 3 aromatic carbocycles. The number of hydrazone groups is 1. The average molecular weight is 754 g/mol. The Morgan fingerprint density at radius 3 is 2.22 bits per heavy atom. The molecule has 3 aliphatic heterocycles. The minimum atomic E-state index is -1.94. The number of carbonyl (C=O) groups excluding carboxylic acids is 3. The molecule has 3 heterocycles. The third-order valence-corrected chi connectivity index (χ3v) is 9.92. The summed E-state index contributed by atoms with van der Waals surface area (Å²) in [7, 11) is 0. The van der Waals surface area contributed by atoms with Crippen molar-refractivity contribution < 1.29 is 31.9 Å². The Hall–Kier alpha value is -4.04. The van der Waals surface area contributed by atoms with Gasteiger partial charge in [0.1, 0.15) is 12.2 Å². The predicted octanol–water partition coefficient (Wildman–Crippen LogP) is 7.97. The van der Waals surface area contributed by atoms with Crippen LogP contribution in [0.3, 0.4) is 0 Å². The van der Waals surface area contributed by atoms with E-state index in [1.807, 2.05) is 6.08 Å². The summed E-state index contributed by atoms with van der Waals surface area (Å²) >= 11 is 25.4. The summed E-state index contributed by atoms with van der Waals surface area (Å²) in [6.07, 6.45) is 3.88. The molecular formula is C32H20Cl4F4N6O3. The van der Waals surface area contributed by atoms with Crippen LogP contribution in [-0.2, 0) is 14.4 Å². The van der Waals surface area contributed by atoms with Crippen molar-refractivity contribution in [3.63, 3.8) is 0 Å². The first-order valence-electron chi connectivity index (χ1n) is 14.8. The predicted molar refractivity (Wildman–Crippen MR) is 173 cm³/mol. The highest BCUT2D eigenvalue weighted by Gasteiger charge is 2.57. The number of benzene rings is 3. The van der Waals surface area contributed by atoms with Gasteiger partial charge in [-0.3, -0.25) is 19.4 Å². The Balaban J connectivity index is 1.22. The number of fused-ring (bicyclic) bond motifs is 2. The molecule has 1 saturated carbocycles. The molecule has 49 heavy (non-hydrogen) atoms. The molecule has 1 aliphatic carbocycles. The molecule has 2 fully saturated rings. The van der Waals surface area contributed by atoms with Crippen LogP contribution in [0.5, 0.6) is 0 Å². The average Bonchev–Trinajstić information content (AvgIpc) is 3.72. The van der Waals surface area contributed by atoms with Crippen LogP contribution in [0.4, 0.5) is 23.2 Å². The van der Waals surface area contributed by atoms with E-state index in [2.05, 4.69) is 10.3 Å². The Labute approximate surface area is 295 Å². The molecule has 1 saturated heterocycles. The smallest absolute Gasteiger partial charge is 0.264 e. The zero-order valence-corrected chi connectivity index (χ0v) is 27.7. The van der Waals surface area contributed by atoms with E-state index in [1.165, 1.54) is 11.1 Å². The summed E-state index contributed by atoms with van der Waals surface area (Å²) in [4.78, 5) is 40.6. The van der Waals surface area contributed by atoms with Crippen molar-refractivity contribution >= 4 is 81.6 Å². The van der Waals surface area contributed by atoms with Crippen LogP contribution in [0.15, 0.2) is 63.5 Å². The molecule has 9 nitrogen and oxygen atoms in total. The number of amides is 3. The number of allylic oxidation sites excluding steroid dienone is 1. The van der Waals surface area contributed by atoms with Crippen molar-refractivity contribution in [1.29, 1.82) is 0 Å². The van der Waals surface area contributed by atoms with Gasteiger partial charge in [0.25, 0.3) is 17.7 Å². The maximum atomic E-state index is 14.6.